The van der Waals surface area contributed by atoms with Gasteiger partial charge in [0.1, 0.15) is 0 Å². The smallest absolute Gasteiger partial charge is 0.242 e. The molecule has 1 aliphatic carbocycles. The Bertz CT molecular complexity index is 1400. The van der Waals surface area contributed by atoms with Crippen LogP contribution in [0.2, 0.25) is 0 Å². The van der Waals surface area contributed by atoms with Crippen LogP contribution in [0.4, 0.5) is 11.4 Å². The molecular weight excluding hydrogens is 536 g/mol. The number of benzene rings is 2. The van der Waals surface area contributed by atoms with Gasteiger partial charge in [0.25, 0.3) is 0 Å². The van der Waals surface area contributed by atoms with Crippen molar-refractivity contribution in [3.63, 3.8) is 0 Å². The minimum absolute atomic E-state index is 0.0225. The molecule has 2 aliphatic heterocycles. The second kappa shape index (κ2) is 11.6. The zero-order valence-electron chi connectivity index (χ0n) is 25.0. The van der Waals surface area contributed by atoms with Gasteiger partial charge in [-0.1, -0.05) is 26.0 Å². The molecule has 0 bridgehead atoms. The topological polar surface area (TPSA) is 123 Å². The van der Waals surface area contributed by atoms with Gasteiger partial charge in [-0.25, -0.2) is 0 Å². The lowest BCUT2D eigenvalue weighted by Gasteiger charge is -2.39. The molecule has 3 aliphatic rings. The van der Waals surface area contributed by atoms with Crippen molar-refractivity contribution >= 4 is 29.0 Å². The minimum Gasteiger partial charge on any atom is -0.493 e. The fraction of sp³-hybridized carbons (Fsp3) is 0.469. The number of fused-ring (bicyclic) bond motifs is 1. The Balaban J connectivity index is 1.66. The number of hydrogen-bond donors (Lipinski definition) is 2. The van der Waals surface area contributed by atoms with Crippen LogP contribution in [0, 0.1) is 11.3 Å². The second-order valence-corrected chi connectivity index (χ2v) is 12.0. The Morgan fingerprint density at radius 1 is 1.00 bits per heavy atom. The molecule has 0 saturated carbocycles. The van der Waals surface area contributed by atoms with Gasteiger partial charge in [-0.05, 0) is 54.5 Å². The maximum absolute atomic E-state index is 14.0. The molecular formula is C32H40N4O6. The van der Waals surface area contributed by atoms with Crippen molar-refractivity contribution in [1.82, 2.24) is 4.90 Å². The lowest BCUT2D eigenvalue weighted by Crippen LogP contribution is -2.47. The maximum atomic E-state index is 14.0. The van der Waals surface area contributed by atoms with Gasteiger partial charge >= 0.3 is 0 Å². The summed E-state index contributed by atoms with van der Waals surface area (Å²) in [6, 6.07) is 10.9. The van der Waals surface area contributed by atoms with Crippen LogP contribution >= 0.6 is 0 Å². The van der Waals surface area contributed by atoms with Crippen molar-refractivity contribution in [3.8, 4) is 17.2 Å². The number of ketones is 1. The number of nitrogens with one attached hydrogen (secondary N) is 1. The summed E-state index contributed by atoms with van der Waals surface area (Å²) in [5.41, 5.74) is 9.14. The highest BCUT2D eigenvalue weighted by atomic mass is 16.5. The highest BCUT2D eigenvalue weighted by Gasteiger charge is 2.43. The molecule has 2 aromatic carbocycles. The number of carbonyl (C=O) groups excluding carboxylic acids is 3. The number of likely N-dealkylation sites (tertiary alicyclic amines) is 1. The molecule has 2 heterocycles. The third-order valence-corrected chi connectivity index (χ3v) is 8.56. The van der Waals surface area contributed by atoms with E-state index in [2.05, 4.69) is 19.2 Å². The molecule has 2 amide bonds. The number of allylic oxidation sites excluding steroid dienone is 1. The molecule has 10 nitrogen and oxygen atoms in total. The first kappa shape index (κ1) is 29.3. The van der Waals surface area contributed by atoms with Crippen LogP contribution in [0.1, 0.15) is 51.1 Å². The van der Waals surface area contributed by atoms with E-state index >= 15 is 0 Å². The van der Waals surface area contributed by atoms with E-state index in [1.807, 2.05) is 41.3 Å². The average molecular weight is 577 g/mol. The van der Waals surface area contributed by atoms with E-state index < -0.39 is 6.04 Å². The molecule has 3 N–H and O–H groups in total. The Kier molecular flexibility index (Phi) is 8.08. The van der Waals surface area contributed by atoms with E-state index in [4.69, 9.17) is 19.9 Å². The highest BCUT2D eigenvalue weighted by Crippen LogP contribution is 2.50. The molecule has 224 valence electrons. The SMILES string of the molecule is COc1cc(C2C3=C(CC(C)(C)CC3=O)Nc3ccccc3N2CC(=O)N2CCC(C(N)=O)CC2)cc(OC)c1OC. The summed E-state index contributed by atoms with van der Waals surface area (Å²) >= 11 is 0. The molecule has 10 heteroatoms. The van der Waals surface area contributed by atoms with Gasteiger partial charge < -0.3 is 35.1 Å². The molecule has 0 radical (unpaired) electrons. The first-order valence-electron chi connectivity index (χ1n) is 14.3. The number of Topliss-reactive ketones (excluding diaryl/α,β-unsaturated/α-hetero) is 1. The van der Waals surface area contributed by atoms with Crippen molar-refractivity contribution in [2.75, 3.05) is 51.2 Å². The molecule has 42 heavy (non-hydrogen) atoms. The summed E-state index contributed by atoms with van der Waals surface area (Å²) in [6.07, 6.45) is 2.13. The third kappa shape index (κ3) is 5.49. The van der Waals surface area contributed by atoms with Crippen LogP contribution in [0.3, 0.4) is 0 Å². The normalized spacial score (nSPS) is 20.2. The second-order valence-electron chi connectivity index (χ2n) is 12.0. The van der Waals surface area contributed by atoms with E-state index in [-0.39, 0.29) is 35.5 Å². The number of piperidine rings is 1. The van der Waals surface area contributed by atoms with Crippen molar-refractivity contribution in [1.29, 1.82) is 0 Å². The van der Waals surface area contributed by atoms with Crippen LogP contribution in [0.25, 0.3) is 0 Å². The summed E-state index contributed by atoms with van der Waals surface area (Å²) in [5, 5.41) is 3.58. The van der Waals surface area contributed by atoms with Gasteiger partial charge in [0, 0.05) is 36.7 Å². The fourth-order valence-electron chi connectivity index (χ4n) is 6.49. The van der Waals surface area contributed by atoms with E-state index in [0.29, 0.717) is 61.6 Å². The number of anilines is 2. The van der Waals surface area contributed by atoms with Gasteiger partial charge in [0.2, 0.25) is 17.6 Å². The molecule has 1 atom stereocenters. The molecule has 1 saturated heterocycles. The number of amides is 2. The standard InChI is InChI=1S/C32H40N4O6/c1-32(2)16-22-28(24(37)17-32)29(20-14-25(40-3)30(42-5)26(15-20)41-4)36(23-9-7-6-8-21(23)34-22)18-27(38)35-12-10-19(11-13-35)31(33)39/h6-9,14-15,19,29,34H,10-13,16-18H2,1-5H3,(H2,33,39). The number of rotatable bonds is 7. The third-order valence-electron chi connectivity index (χ3n) is 8.56. The number of hydrogen-bond acceptors (Lipinski definition) is 8. The van der Waals surface area contributed by atoms with Crippen LogP contribution in [0.15, 0.2) is 47.7 Å². The number of nitrogens with two attached hydrogens (primary N) is 1. The maximum Gasteiger partial charge on any atom is 0.242 e. The summed E-state index contributed by atoms with van der Waals surface area (Å²) in [5.74, 6) is 0.764. The number of ether oxygens (including phenoxy) is 3. The quantitative estimate of drug-likeness (QED) is 0.506. The largest absolute Gasteiger partial charge is 0.493 e. The monoisotopic (exact) mass is 576 g/mol. The number of carbonyl (C=O) groups is 3. The predicted molar refractivity (Wildman–Crippen MR) is 160 cm³/mol. The first-order chi connectivity index (χ1) is 20.1. The Labute approximate surface area is 246 Å². The molecule has 1 fully saturated rings. The lowest BCUT2D eigenvalue weighted by atomic mass is 9.73. The molecule has 5 rings (SSSR count). The Morgan fingerprint density at radius 3 is 2.24 bits per heavy atom. The van der Waals surface area contributed by atoms with Crippen LogP contribution < -0.4 is 30.2 Å². The summed E-state index contributed by atoms with van der Waals surface area (Å²) in [7, 11) is 4.66. The molecule has 0 spiro atoms. The van der Waals surface area contributed by atoms with E-state index in [9.17, 15) is 14.4 Å². The zero-order chi connectivity index (χ0) is 30.2. The van der Waals surface area contributed by atoms with Crippen molar-refractivity contribution < 1.29 is 28.6 Å². The Morgan fingerprint density at radius 2 is 1.64 bits per heavy atom. The molecule has 0 aromatic heterocycles. The summed E-state index contributed by atoms with van der Waals surface area (Å²) in [4.78, 5) is 43.5. The highest BCUT2D eigenvalue weighted by molar-refractivity contribution is 6.02. The lowest BCUT2D eigenvalue weighted by molar-refractivity contribution is -0.133. The molecule has 2 aromatic rings. The van der Waals surface area contributed by atoms with Crippen molar-refractivity contribution in [2.45, 2.75) is 45.6 Å². The number of primary amides is 1. The van der Waals surface area contributed by atoms with E-state index in [0.717, 1.165) is 22.6 Å². The van der Waals surface area contributed by atoms with E-state index in [1.165, 1.54) is 0 Å². The minimum atomic E-state index is -0.611. The number of para-hydroxylation sites is 2. The summed E-state index contributed by atoms with van der Waals surface area (Å²) in [6.45, 7) is 5.12. The number of methoxy groups -OCH3 is 3. The van der Waals surface area contributed by atoms with Crippen LogP contribution in [-0.2, 0) is 14.4 Å². The van der Waals surface area contributed by atoms with Crippen molar-refractivity contribution in [3.05, 3.63) is 53.2 Å². The van der Waals surface area contributed by atoms with Gasteiger partial charge in [-0.15, -0.1) is 0 Å². The fourth-order valence-corrected chi connectivity index (χ4v) is 6.49. The molecule has 1 unspecified atom stereocenters. The first-order valence-corrected chi connectivity index (χ1v) is 14.3. The van der Waals surface area contributed by atoms with Gasteiger partial charge in [0.15, 0.2) is 17.3 Å². The van der Waals surface area contributed by atoms with Crippen molar-refractivity contribution in [2.24, 2.45) is 17.1 Å². The van der Waals surface area contributed by atoms with Crippen LogP contribution in [0.5, 0.6) is 17.2 Å². The predicted octanol–water partition coefficient (Wildman–Crippen LogP) is 4.05. The Hall–Kier alpha value is -4.21. The van der Waals surface area contributed by atoms with Crippen LogP contribution in [-0.4, -0.2) is 63.5 Å². The summed E-state index contributed by atoms with van der Waals surface area (Å²) < 4.78 is 17.0. The zero-order valence-corrected chi connectivity index (χ0v) is 25.0. The number of nitrogens with zero attached hydrogens (tertiary/aromatic N) is 2. The van der Waals surface area contributed by atoms with Gasteiger partial charge in [0.05, 0.1) is 45.3 Å². The average Bonchev–Trinajstić information content (AvgIpc) is 3.10. The van der Waals surface area contributed by atoms with Gasteiger partial charge in [-0.3, -0.25) is 14.4 Å². The van der Waals surface area contributed by atoms with E-state index in [1.54, 1.807) is 26.2 Å². The van der Waals surface area contributed by atoms with Gasteiger partial charge in [-0.2, -0.15) is 0 Å².